The van der Waals surface area contributed by atoms with Crippen LogP contribution in [-0.2, 0) is 6.54 Å². The lowest BCUT2D eigenvalue weighted by molar-refractivity contribution is -0.386. The Morgan fingerprint density at radius 3 is 2.76 bits per heavy atom. The molecule has 7 nitrogen and oxygen atoms in total. The maximum absolute atomic E-state index is 10.8. The third-order valence-corrected chi connectivity index (χ3v) is 2.10. The molecule has 0 fully saturated rings. The lowest BCUT2D eigenvalue weighted by Crippen LogP contribution is -2.21. The predicted molar refractivity (Wildman–Crippen MR) is 59.6 cm³/mol. The average molecular weight is 242 g/mol. The van der Waals surface area contributed by atoms with Crippen LogP contribution in [0.4, 0.5) is 5.69 Å². The topological polar surface area (TPSA) is 119 Å². The van der Waals surface area contributed by atoms with Crippen LogP contribution in [0.3, 0.4) is 0 Å². The Morgan fingerprint density at radius 1 is 1.53 bits per heavy atom. The Bertz CT molecular complexity index is 396. The van der Waals surface area contributed by atoms with E-state index < -0.39 is 17.6 Å². The summed E-state index contributed by atoms with van der Waals surface area (Å²) >= 11 is 0. The number of ether oxygens (including phenoxy) is 1. The van der Waals surface area contributed by atoms with E-state index >= 15 is 0 Å². The van der Waals surface area contributed by atoms with E-state index in [4.69, 9.17) is 20.7 Å². The summed E-state index contributed by atoms with van der Waals surface area (Å²) in [4.78, 5) is 10.2. The summed E-state index contributed by atoms with van der Waals surface area (Å²) in [5, 5.41) is 28.5. The Hall–Kier alpha value is -1.70. The van der Waals surface area contributed by atoms with Crippen LogP contribution in [0.1, 0.15) is 5.56 Å². The van der Waals surface area contributed by atoms with Crippen molar-refractivity contribution in [1.82, 2.24) is 0 Å². The first kappa shape index (κ1) is 13.4. The highest BCUT2D eigenvalue weighted by Gasteiger charge is 2.16. The molecule has 0 spiro atoms. The molecule has 1 rings (SSSR count). The van der Waals surface area contributed by atoms with E-state index in [1.807, 2.05) is 0 Å². The zero-order chi connectivity index (χ0) is 12.8. The second kappa shape index (κ2) is 6.14. The van der Waals surface area contributed by atoms with Crippen molar-refractivity contribution in [2.45, 2.75) is 12.6 Å². The number of benzene rings is 1. The number of nitro benzene ring substituents is 1. The predicted octanol–water partition coefficient (Wildman–Crippen LogP) is -0.214. The number of nitrogens with two attached hydrogens (primary N) is 1. The van der Waals surface area contributed by atoms with Crippen LogP contribution in [0.5, 0.6) is 5.75 Å². The van der Waals surface area contributed by atoms with Gasteiger partial charge in [0.1, 0.15) is 12.7 Å². The molecule has 1 unspecified atom stereocenters. The van der Waals surface area contributed by atoms with Crippen LogP contribution >= 0.6 is 0 Å². The minimum Gasteiger partial charge on any atom is -0.484 e. The van der Waals surface area contributed by atoms with E-state index in [-0.39, 0.29) is 24.6 Å². The van der Waals surface area contributed by atoms with Crippen molar-refractivity contribution >= 4 is 5.69 Å². The second-order valence-corrected chi connectivity index (χ2v) is 3.41. The molecule has 0 amide bonds. The van der Waals surface area contributed by atoms with Gasteiger partial charge in [-0.2, -0.15) is 0 Å². The monoisotopic (exact) mass is 242 g/mol. The maximum atomic E-state index is 10.8. The molecule has 17 heavy (non-hydrogen) atoms. The smallest absolute Gasteiger partial charge is 0.311 e. The molecule has 0 aliphatic heterocycles. The molecule has 0 aliphatic rings. The van der Waals surface area contributed by atoms with E-state index in [0.29, 0.717) is 5.56 Å². The number of hydrogen-bond donors (Lipinski definition) is 3. The van der Waals surface area contributed by atoms with Crippen molar-refractivity contribution in [3.63, 3.8) is 0 Å². The summed E-state index contributed by atoms with van der Waals surface area (Å²) in [5.41, 5.74) is 5.78. The molecule has 7 heteroatoms. The highest BCUT2D eigenvalue weighted by Crippen LogP contribution is 2.27. The summed E-state index contributed by atoms with van der Waals surface area (Å²) in [6, 6.07) is 4.35. The first-order valence-electron chi connectivity index (χ1n) is 4.97. The molecule has 1 aromatic carbocycles. The number of hydrogen-bond acceptors (Lipinski definition) is 6. The Balaban J connectivity index is 2.87. The summed E-state index contributed by atoms with van der Waals surface area (Å²) in [6.45, 7) is -0.478. The molecule has 1 aromatic rings. The van der Waals surface area contributed by atoms with Crippen LogP contribution < -0.4 is 10.5 Å². The Morgan fingerprint density at radius 2 is 2.24 bits per heavy atom. The van der Waals surface area contributed by atoms with E-state index in [1.54, 1.807) is 6.07 Å². The molecule has 1 atom stereocenters. The first-order valence-corrected chi connectivity index (χ1v) is 4.97. The number of nitrogens with zero attached hydrogens (tertiary/aromatic N) is 1. The largest absolute Gasteiger partial charge is 0.484 e. The quantitative estimate of drug-likeness (QED) is 0.469. The van der Waals surface area contributed by atoms with Crippen molar-refractivity contribution < 1.29 is 19.9 Å². The van der Waals surface area contributed by atoms with Gasteiger partial charge in [0.2, 0.25) is 0 Å². The molecule has 0 heterocycles. The maximum Gasteiger partial charge on any atom is 0.311 e. The molecule has 0 aliphatic carbocycles. The number of aliphatic hydroxyl groups is 2. The molecular formula is C10H14N2O5. The normalized spacial score (nSPS) is 12.2. The van der Waals surface area contributed by atoms with Gasteiger partial charge in [-0.05, 0) is 11.6 Å². The molecule has 0 saturated carbocycles. The average Bonchev–Trinajstić information content (AvgIpc) is 2.35. The first-order chi connectivity index (χ1) is 8.08. The van der Waals surface area contributed by atoms with Crippen molar-refractivity contribution in [2.75, 3.05) is 13.2 Å². The van der Waals surface area contributed by atoms with Gasteiger partial charge in [-0.3, -0.25) is 10.1 Å². The fourth-order valence-electron chi connectivity index (χ4n) is 1.19. The minimum absolute atomic E-state index is 0.0414. The summed E-state index contributed by atoms with van der Waals surface area (Å²) < 4.78 is 5.06. The standard InChI is InChI=1S/C10H14N2O5/c11-4-7-1-2-10(9(3-7)12(15)16)17-6-8(14)5-13/h1-3,8,13-14H,4-6,11H2. The fraction of sp³-hybridized carbons (Fsp3) is 0.400. The van der Waals surface area contributed by atoms with Crippen molar-refractivity contribution in [3.8, 4) is 5.75 Å². The van der Waals surface area contributed by atoms with Gasteiger partial charge < -0.3 is 20.7 Å². The molecule has 0 saturated heterocycles. The Labute approximate surface area is 97.6 Å². The third kappa shape index (κ3) is 3.66. The van der Waals surface area contributed by atoms with E-state index in [1.165, 1.54) is 12.1 Å². The minimum atomic E-state index is -1.07. The lowest BCUT2D eigenvalue weighted by atomic mass is 10.2. The Kier molecular flexibility index (Phi) is 4.83. The van der Waals surface area contributed by atoms with Gasteiger partial charge in [-0.1, -0.05) is 6.07 Å². The second-order valence-electron chi connectivity index (χ2n) is 3.41. The van der Waals surface area contributed by atoms with Crippen LogP contribution in [0.25, 0.3) is 0 Å². The van der Waals surface area contributed by atoms with Crippen LogP contribution in [0, 0.1) is 10.1 Å². The molecule has 4 N–H and O–H groups in total. The molecular weight excluding hydrogens is 228 g/mol. The van der Waals surface area contributed by atoms with Crippen molar-refractivity contribution in [1.29, 1.82) is 0 Å². The van der Waals surface area contributed by atoms with Crippen molar-refractivity contribution in [2.24, 2.45) is 5.73 Å². The summed E-state index contributed by atoms with van der Waals surface area (Å²) in [7, 11) is 0. The molecule has 0 aromatic heterocycles. The highest BCUT2D eigenvalue weighted by molar-refractivity contribution is 5.48. The molecule has 0 radical (unpaired) electrons. The zero-order valence-corrected chi connectivity index (χ0v) is 9.07. The van der Waals surface area contributed by atoms with Gasteiger partial charge in [0.15, 0.2) is 5.75 Å². The highest BCUT2D eigenvalue weighted by atomic mass is 16.6. The summed E-state index contributed by atoms with van der Waals surface area (Å²) in [6.07, 6.45) is -1.07. The van der Waals surface area contributed by atoms with Gasteiger partial charge in [-0.15, -0.1) is 0 Å². The number of nitro groups is 1. The van der Waals surface area contributed by atoms with Crippen LogP contribution in [-0.4, -0.2) is 34.5 Å². The molecule has 0 bridgehead atoms. The van der Waals surface area contributed by atoms with Crippen LogP contribution in [0.2, 0.25) is 0 Å². The van der Waals surface area contributed by atoms with E-state index in [9.17, 15) is 10.1 Å². The van der Waals surface area contributed by atoms with Gasteiger partial charge in [0.05, 0.1) is 11.5 Å². The van der Waals surface area contributed by atoms with E-state index in [0.717, 1.165) is 0 Å². The van der Waals surface area contributed by atoms with Gasteiger partial charge in [0.25, 0.3) is 0 Å². The van der Waals surface area contributed by atoms with Crippen LogP contribution in [0.15, 0.2) is 18.2 Å². The third-order valence-electron chi connectivity index (χ3n) is 2.10. The number of aliphatic hydroxyl groups excluding tert-OH is 2. The van der Waals surface area contributed by atoms with Gasteiger partial charge >= 0.3 is 5.69 Å². The summed E-state index contributed by atoms with van der Waals surface area (Å²) in [5.74, 6) is 0.0414. The SMILES string of the molecule is NCc1ccc(OCC(O)CO)c([N+](=O)[O-])c1. The zero-order valence-electron chi connectivity index (χ0n) is 9.07. The number of rotatable bonds is 6. The van der Waals surface area contributed by atoms with Gasteiger partial charge in [0, 0.05) is 12.6 Å². The van der Waals surface area contributed by atoms with Gasteiger partial charge in [-0.25, -0.2) is 0 Å². The van der Waals surface area contributed by atoms with E-state index in [2.05, 4.69) is 0 Å². The van der Waals surface area contributed by atoms with Crippen molar-refractivity contribution in [3.05, 3.63) is 33.9 Å². The lowest BCUT2D eigenvalue weighted by Gasteiger charge is -2.10. The molecule has 94 valence electrons. The fourth-order valence-corrected chi connectivity index (χ4v) is 1.19.